The third kappa shape index (κ3) is 4.37. The molecule has 0 aliphatic heterocycles. The molecule has 0 spiro atoms. The molecule has 0 bridgehead atoms. The van der Waals surface area contributed by atoms with E-state index in [0.717, 1.165) is 0 Å². The Morgan fingerprint density at radius 2 is 2.07 bits per heavy atom. The van der Waals surface area contributed by atoms with E-state index in [2.05, 4.69) is 25.3 Å². The number of carbonyl (C=O) groups excluding carboxylic acids is 1. The first-order valence-corrected chi connectivity index (χ1v) is 7.65. The third-order valence-corrected chi connectivity index (χ3v) is 3.24. The van der Waals surface area contributed by atoms with Crippen molar-refractivity contribution in [3.8, 4) is 17.2 Å². The number of hydrogen-bond acceptors (Lipinski definition) is 6. The number of urea groups is 1. The number of rotatable bonds is 5. The van der Waals surface area contributed by atoms with Crippen molar-refractivity contribution in [1.29, 1.82) is 0 Å². The monoisotopic (exact) mass is 382 g/mol. The Kier molecular flexibility index (Phi) is 5.01. The standard InChI is InChI=1S/C16H13F3N4O4/c1-2-25-9-3-4-11(10(7-9)14-20-5-6-26-14)21-15(24)22-13-8-12(27-23-13)16(17,18)19/h3-8H,2H2,1H3,(H2,21,22,23,24). The topological polar surface area (TPSA) is 102 Å². The summed E-state index contributed by atoms with van der Waals surface area (Å²) in [5.74, 6) is -0.946. The van der Waals surface area contributed by atoms with Gasteiger partial charge in [0.25, 0.3) is 0 Å². The van der Waals surface area contributed by atoms with Gasteiger partial charge in [0.05, 0.1) is 24.1 Å². The van der Waals surface area contributed by atoms with E-state index in [0.29, 0.717) is 29.7 Å². The van der Waals surface area contributed by atoms with Crippen LogP contribution in [0.1, 0.15) is 12.7 Å². The lowest BCUT2D eigenvalue weighted by molar-refractivity contribution is -0.155. The number of oxazole rings is 1. The van der Waals surface area contributed by atoms with Crippen molar-refractivity contribution >= 4 is 17.5 Å². The molecule has 3 rings (SSSR count). The van der Waals surface area contributed by atoms with Crippen LogP contribution >= 0.6 is 0 Å². The maximum Gasteiger partial charge on any atom is 0.452 e. The smallest absolute Gasteiger partial charge is 0.452 e. The molecule has 0 atom stereocenters. The lowest BCUT2D eigenvalue weighted by Crippen LogP contribution is -2.20. The highest BCUT2D eigenvalue weighted by Gasteiger charge is 2.36. The van der Waals surface area contributed by atoms with Crippen molar-refractivity contribution in [2.24, 2.45) is 0 Å². The zero-order valence-corrected chi connectivity index (χ0v) is 13.8. The Balaban J connectivity index is 1.78. The molecule has 0 radical (unpaired) electrons. The van der Waals surface area contributed by atoms with E-state index < -0.39 is 18.0 Å². The maximum absolute atomic E-state index is 12.5. The molecule has 27 heavy (non-hydrogen) atoms. The quantitative estimate of drug-likeness (QED) is 0.678. The molecule has 2 heterocycles. The summed E-state index contributed by atoms with van der Waals surface area (Å²) in [6, 6.07) is 4.53. The molecule has 0 aliphatic rings. The number of anilines is 2. The molecule has 0 saturated heterocycles. The summed E-state index contributed by atoms with van der Waals surface area (Å²) in [5, 5.41) is 7.81. The Morgan fingerprint density at radius 1 is 1.26 bits per heavy atom. The predicted octanol–water partition coefficient (Wildman–Crippen LogP) is 4.39. The first-order chi connectivity index (χ1) is 12.9. The van der Waals surface area contributed by atoms with Crippen LogP contribution in [-0.2, 0) is 6.18 Å². The van der Waals surface area contributed by atoms with Crippen LogP contribution in [0.3, 0.4) is 0 Å². The number of ether oxygens (including phenoxy) is 1. The second kappa shape index (κ2) is 7.40. The molecular formula is C16H13F3N4O4. The van der Waals surface area contributed by atoms with Gasteiger partial charge in [0.1, 0.15) is 12.0 Å². The van der Waals surface area contributed by atoms with Gasteiger partial charge in [-0.15, -0.1) is 0 Å². The first-order valence-electron chi connectivity index (χ1n) is 7.65. The number of halogens is 3. The highest BCUT2D eigenvalue weighted by Crippen LogP contribution is 2.32. The number of nitrogens with one attached hydrogen (secondary N) is 2. The Labute approximate surface area is 150 Å². The lowest BCUT2D eigenvalue weighted by Gasteiger charge is -2.11. The number of alkyl halides is 3. The van der Waals surface area contributed by atoms with E-state index in [-0.39, 0.29) is 11.7 Å². The minimum atomic E-state index is -4.70. The summed E-state index contributed by atoms with van der Waals surface area (Å²) in [5.41, 5.74) is 0.732. The minimum Gasteiger partial charge on any atom is -0.494 e. The lowest BCUT2D eigenvalue weighted by atomic mass is 10.1. The van der Waals surface area contributed by atoms with Crippen molar-refractivity contribution < 1.29 is 31.6 Å². The average Bonchev–Trinajstić information content (AvgIpc) is 3.27. The van der Waals surface area contributed by atoms with Crippen LogP contribution < -0.4 is 15.4 Å². The molecular weight excluding hydrogens is 369 g/mol. The largest absolute Gasteiger partial charge is 0.494 e. The molecule has 11 heteroatoms. The number of amides is 2. The molecule has 142 valence electrons. The highest BCUT2D eigenvalue weighted by molar-refractivity contribution is 6.01. The molecule has 2 N–H and O–H groups in total. The molecule has 2 amide bonds. The van der Waals surface area contributed by atoms with Crippen molar-refractivity contribution in [2.45, 2.75) is 13.1 Å². The van der Waals surface area contributed by atoms with E-state index in [1.165, 1.54) is 12.5 Å². The number of benzene rings is 1. The van der Waals surface area contributed by atoms with Crippen LogP contribution in [0.5, 0.6) is 5.75 Å². The molecule has 0 unspecified atom stereocenters. The molecule has 0 fully saturated rings. The summed E-state index contributed by atoms with van der Waals surface area (Å²) in [4.78, 5) is 16.1. The Hall–Kier alpha value is -3.50. The fourth-order valence-corrected chi connectivity index (χ4v) is 2.16. The summed E-state index contributed by atoms with van der Waals surface area (Å²) < 4.78 is 52.3. The fourth-order valence-electron chi connectivity index (χ4n) is 2.16. The summed E-state index contributed by atoms with van der Waals surface area (Å²) in [6.45, 7) is 2.25. The van der Waals surface area contributed by atoms with Crippen molar-refractivity contribution in [2.75, 3.05) is 17.2 Å². The van der Waals surface area contributed by atoms with Crippen LogP contribution in [0.25, 0.3) is 11.5 Å². The van der Waals surface area contributed by atoms with Crippen molar-refractivity contribution in [3.05, 3.63) is 42.5 Å². The first kappa shape index (κ1) is 18.3. The molecule has 8 nitrogen and oxygen atoms in total. The maximum atomic E-state index is 12.5. The summed E-state index contributed by atoms with van der Waals surface area (Å²) in [6.07, 6.45) is -1.90. The summed E-state index contributed by atoms with van der Waals surface area (Å²) >= 11 is 0. The van der Waals surface area contributed by atoms with E-state index in [1.807, 2.05) is 6.92 Å². The minimum absolute atomic E-state index is 0.229. The van der Waals surface area contributed by atoms with Gasteiger partial charge in [0, 0.05) is 6.07 Å². The van der Waals surface area contributed by atoms with Crippen LogP contribution in [-0.4, -0.2) is 22.8 Å². The van der Waals surface area contributed by atoms with Gasteiger partial charge in [-0.2, -0.15) is 13.2 Å². The fraction of sp³-hybridized carbons (Fsp3) is 0.188. The van der Waals surface area contributed by atoms with Gasteiger partial charge in [0.15, 0.2) is 5.82 Å². The number of hydrogen-bond donors (Lipinski definition) is 2. The second-order valence-electron chi connectivity index (χ2n) is 5.13. The predicted molar refractivity (Wildman–Crippen MR) is 87.3 cm³/mol. The van der Waals surface area contributed by atoms with E-state index in [9.17, 15) is 18.0 Å². The van der Waals surface area contributed by atoms with Crippen LogP contribution in [0.15, 0.2) is 45.7 Å². The van der Waals surface area contributed by atoms with E-state index >= 15 is 0 Å². The zero-order valence-electron chi connectivity index (χ0n) is 13.8. The third-order valence-electron chi connectivity index (χ3n) is 3.24. The van der Waals surface area contributed by atoms with E-state index in [4.69, 9.17) is 9.15 Å². The normalized spacial score (nSPS) is 11.3. The number of carbonyl (C=O) groups is 1. The van der Waals surface area contributed by atoms with Crippen molar-refractivity contribution in [3.63, 3.8) is 0 Å². The van der Waals surface area contributed by atoms with E-state index in [1.54, 1.807) is 18.2 Å². The highest BCUT2D eigenvalue weighted by atomic mass is 19.4. The summed E-state index contributed by atoms with van der Waals surface area (Å²) in [7, 11) is 0. The van der Waals surface area contributed by atoms with Crippen LogP contribution in [0.4, 0.5) is 29.5 Å². The van der Waals surface area contributed by atoms with Gasteiger partial charge in [-0.3, -0.25) is 5.32 Å². The number of aromatic nitrogens is 2. The Morgan fingerprint density at radius 3 is 2.70 bits per heavy atom. The van der Waals surface area contributed by atoms with Gasteiger partial charge < -0.3 is 19.0 Å². The van der Waals surface area contributed by atoms with Crippen molar-refractivity contribution in [1.82, 2.24) is 10.1 Å². The number of nitrogens with zero attached hydrogens (tertiary/aromatic N) is 2. The van der Waals surface area contributed by atoms with Gasteiger partial charge in [-0.25, -0.2) is 9.78 Å². The van der Waals surface area contributed by atoms with Gasteiger partial charge >= 0.3 is 12.2 Å². The molecule has 3 aromatic rings. The Bertz CT molecular complexity index is 922. The van der Waals surface area contributed by atoms with Gasteiger partial charge in [-0.05, 0) is 25.1 Å². The molecule has 1 aromatic carbocycles. The van der Waals surface area contributed by atoms with Crippen LogP contribution in [0, 0.1) is 0 Å². The SMILES string of the molecule is CCOc1ccc(NC(=O)Nc2cc(C(F)(F)F)on2)c(-c2ncco2)c1. The average molecular weight is 382 g/mol. The molecule has 0 saturated carbocycles. The molecule has 0 aliphatic carbocycles. The molecule has 2 aromatic heterocycles. The van der Waals surface area contributed by atoms with Crippen LogP contribution in [0.2, 0.25) is 0 Å². The van der Waals surface area contributed by atoms with Gasteiger partial charge in [0.2, 0.25) is 11.7 Å². The van der Waals surface area contributed by atoms with Gasteiger partial charge in [-0.1, -0.05) is 5.16 Å². The zero-order chi connectivity index (χ0) is 19.4. The second-order valence-corrected chi connectivity index (χ2v) is 5.13.